The SMILES string of the molecule is CC(C)CNC(N)=NCC1(c2ccc(F)cc2)CCC1. The average molecular weight is 277 g/mol. The van der Waals surface area contributed by atoms with E-state index in [9.17, 15) is 4.39 Å². The predicted molar refractivity (Wildman–Crippen MR) is 81.3 cm³/mol. The fourth-order valence-corrected chi connectivity index (χ4v) is 2.55. The topological polar surface area (TPSA) is 50.4 Å². The van der Waals surface area contributed by atoms with Gasteiger partial charge in [0.25, 0.3) is 0 Å². The molecule has 2 rings (SSSR count). The van der Waals surface area contributed by atoms with E-state index in [1.54, 1.807) is 0 Å². The molecular weight excluding hydrogens is 253 g/mol. The summed E-state index contributed by atoms with van der Waals surface area (Å²) in [5, 5.41) is 3.13. The van der Waals surface area contributed by atoms with E-state index in [0.717, 1.165) is 19.4 Å². The molecule has 1 aromatic carbocycles. The van der Waals surface area contributed by atoms with E-state index in [4.69, 9.17) is 5.73 Å². The second-order valence-corrected chi connectivity index (χ2v) is 6.12. The number of hydrogen-bond donors (Lipinski definition) is 2. The number of nitrogens with one attached hydrogen (secondary N) is 1. The largest absolute Gasteiger partial charge is 0.370 e. The molecule has 20 heavy (non-hydrogen) atoms. The second kappa shape index (κ2) is 6.25. The van der Waals surface area contributed by atoms with Crippen LogP contribution in [0.25, 0.3) is 0 Å². The molecule has 0 spiro atoms. The van der Waals surface area contributed by atoms with Crippen LogP contribution in [0, 0.1) is 11.7 Å². The molecule has 0 heterocycles. The first-order valence-corrected chi connectivity index (χ1v) is 7.32. The van der Waals surface area contributed by atoms with Gasteiger partial charge in [-0.3, -0.25) is 4.99 Å². The lowest BCUT2D eigenvalue weighted by molar-refractivity contribution is 0.253. The fourth-order valence-electron chi connectivity index (χ4n) is 2.55. The molecule has 0 aromatic heterocycles. The van der Waals surface area contributed by atoms with E-state index in [1.807, 2.05) is 12.1 Å². The lowest BCUT2D eigenvalue weighted by Gasteiger charge is -2.41. The third kappa shape index (κ3) is 3.50. The minimum atomic E-state index is -0.190. The van der Waals surface area contributed by atoms with Crippen molar-refractivity contribution in [3.63, 3.8) is 0 Å². The number of nitrogens with zero attached hydrogens (tertiary/aromatic N) is 1. The van der Waals surface area contributed by atoms with Crippen LogP contribution in [0.3, 0.4) is 0 Å². The van der Waals surface area contributed by atoms with Gasteiger partial charge in [-0.15, -0.1) is 0 Å². The summed E-state index contributed by atoms with van der Waals surface area (Å²) in [4.78, 5) is 4.48. The van der Waals surface area contributed by atoms with E-state index in [-0.39, 0.29) is 11.2 Å². The number of rotatable bonds is 5. The normalized spacial score (nSPS) is 17.9. The highest BCUT2D eigenvalue weighted by Crippen LogP contribution is 2.43. The summed E-state index contributed by atoms with van der Waals surface area (Å²) in [5.41, 5.74) is 7.11. The number of hydrogen-bond acceptors (Lipinski definition) is 1. The van der Waals surface area contributed by atoms with Gasteiger partial charge >= 0.3 is 0 Å². The standard InChI is InChI=1S/C16H24FN3/c1-12(2)10-19-15(18)20-11-16(8-3-9-16)13-4-6-14(17)7-5-13/h4-7,12H,3,8-11H2,1-2H3,(H3,18,19,20). The Morgan fingerprint density at radius 1 is 1.35 bits per heavy atom. The molecule has 0 amide bonds. The molecule has 1 aliphatic carbocycles. The number of nitrogens with two attached hydrogens (primary N) is 1. The van der Waals surface area contributed by atoms with Crippen molar-refractivity contribution in [2.75, 3.05) is 13.1 Å². The molecule has 4 heteroatoms. The van der Waals surface area contributed by atoms with E-state index >= 15 is 0 Å². The zero-order valence-electron chi connectivity index (χ0n) is 12.3. The lowest BCUT2D eigenvalue weighted by atomic mass is 9.64. The van der Waals surface area contributed by atoms with Crippen molar-refractivity contribution in [3.05, 3.63) is 35.6 Å². The van der Waals surface area contributed by atoms with Crippen molar-refractivity contribution in [1.29, 1.82) is 0 Å². The Hall–Kier alpha value is -1.58. The molecule has 1 aromatic rings. The summed E-state index contributed by atoms with van der Waals surface area (Å²) in [6, 6.07) is 6.81. The number of guanidine groups is 1. The van der Waals surface area contributed by atoms with Gasteiger partial charge in [0.05, 0.1) is 6.54 Å². The van der Waals surface area contributed by atoms with Crippen molar-refractivity contribution >= 4 is 5.96 Å². The van der Waals surface area contributed by atoms with Gasteiger partial charge in [-0.1, -0.05) is 32.4 Å². The minimum absolute atomic E-state index is 0.0534. The first kappa shape index (κ1) is 14.8. The predicted octanol–water partition coefficient (Wildman–Crippen LogP) is 2.81. The summed E-state index contributed by atoms with van der Waals surface area (Å²) in [7, 11) is 0. The van der Waals surface area contributed by atoms with E-state index in [0.29, 0.717) is 18.4 Å². The molecule has 0 aliphatic heterocycles. The third-order valence-electron chi connectivity index (χ3n) is 4.01. The van der Waals surface area contributed by atoms with Gasteiger partial charge in [0.1, 0.15) is 5.82 Å². The van der Waals surface area contributed by atoms with Crippen LogP contribution < -0.4 is 11.1 Å². The number of benzene rings is 1. The molecule has 1 aliphatic rings. The maximum Gasteiger partial charge on any atom is 0.188 e. The van der Waals surface area contributed by atoms with Gasteiger partial charge in [0.2, 0.25) is 0 Å². The second-order valence-electron chi connectivity index (χ2n) is 6.12. The highest BCUT2D eigenvalue weighted by molar-refractivity contribution is 5.77. The maximum absolute atomic E-state index is 13.0. The van der Waals surface area contributed by atoms with Crippen LogP contribution in [0.5, 0.6) is 0 Å². The van der Waals surface area contributed by atoms with Crippen LogP contribution >= 0.6 is 0 Å². The molecule has 1 saturated carbocycles. The highest BCUT2D eigenvalue weighted by atomic mass is 19.1. The summed E-state index contributed by atoms with van der Waals surface area (Å²) in [5.74, 6) is 0.857. The molecule has 3 nitrogen and oxygen atoms in total. The Labute approximate surface area is 120 Å². The molecule has 3 N–H and O–H groups in total. The number of aliphatic imine (C=N–C) groups is 1. The summed E-state index contributed by atoms with van der Waals surface area (Å²) >= 11 is 0. The average Bonchev–Trinajstić information content (AvgIpc) is 2.37. The summed E-state index contributed by atoms with van der Waals surface area (Å²) in [6.45, 7) is 5.77. The molecule has 0 atom stereocenters. The van der Waals surface area contributed by atoms with E-state index < -0.39 is 0 Å². The van der Waals surface area contributed by atoms with Crippen LogP contribution in [0.15, 0.2) is 29.3 Å². The van der Waals surface area contributed by atoms with Crippen molar-refractivity contribution in [3.8, 4) is 0 Å². The molecular formula is C16H24FN3. The van der Waals surface area contributed by atoms with Gasteiger partial charge in [-0.05, 0) is 36.5 Å². The monoisotopic (exact) mass is 277 g/mol. The summed E-state index contributed by atoms with van der Waals surface area (Å²) < 4.78 is 13.0. The van der Waals surface area contributed by atoms with Crippen LogP contribution in [0.2, 0.25) is 0 Å². The van der Waals surface area contributed by atoms with Gasteiger partial charge in [0, 0.05) is 12.0 Å². The Morgan fingerprint density at radius 2 is 2.00 bits per heavy atom. The Morgan fingerprint density at radius 3 is 2.50 bits per heavy atom. The van der Waals surface area contributed by atoms with Crippen LogP contribution in [0.1, 0.15) is 38.7 Å². The molecule has 1 fully saturated rings. The smallest absolute Gasteiger partial charge is 0.188 e. The zero-order valence-corrected chi connectivity index (χ0v) is 12.3. The molecule has 0 radical (unpaired) electrons. The van der Waals surface area contributed by atoms with Crippen molar-refractivity contribution in [2.24, 2.45) is 16.6 Å². The molecule has 0 bridgehead atoms. The van der Waals surface area contributed by atoms with Gasteiger partial charge in [0.15, 0.2) is 5.96 Å². The van der Waals surface area contributed by atoms with Crippen LogP contribution in [-0.2, 0) is 5.41 Å². The lowest BCUT2D eigenvalue weighted by Crippen LogP contribution is -2.40. The number of halogens is 1. The van der Waals surface area contributed by atoms with Gasteiger partial charge < -0.3 is 11.1 Å². The maximum atomic E-state index is 13.0. The third-order valence-corrected chi connectivity index (χ3v) is 4.01. The van der Waals surface area contributed by atoms with Gasteiger partial charge in [-0.25, -0.2) is 4.39 Å². The van der Waals surface area contributed by atoms with E-state index in [1.165, 1.54) is 24.1 Å². The van der Waals surface area contributed by atoms with Crippen LogP contribution in [0.4, 0.5) is 4.39 Å². The quantitative estimate of drug-likeness (QED) is 0.642. The van der Waals surface area contributed by atoms with Crippen LogP contribution in [-0.4, -0.2) is 19.0 Å². The molecule has 0 saturated heterocycles. The van der Waals surface area contributed by atoms with Crippen molar-refractivity contribution in [2.45, 2.75) is 38.5 Å². The summed E-state index contributed by atoms with van der Waals surface area (Å²) in [6.07, 6.45) is 3.39. The van der Waals surface area contributed by atoms with Crippen molar-refractivity contribution < 1.29 is 4.39 Å². The molecule has 0 unspecified atom stereocenters. The Bertz CT molecular complexity index is 461. The Kier molecular flexibility index (Phi) is 4.63. The fraction of sp³-hybridized carbons (Fsp3) is 0.562. The Balaban J connectivity index is 2.01. The van der Waals surface area contributed by atoms with Gasteiger partial charge in [-0.2, -0.15) is 0 Å². The van der Waals surface area contributed by atoms with E-state index in [2.05, 4.69) is 24.2 Å². The first-order chi connectivity index (χ1) is 9.52. The molecule has 110 valence electrons. The van der Waals surface area contributed by atoms with Crippen molar-refractivity contribution in [1.82, 2.24) is 5.32 Å². The zero-order chi connectivity index (χ0) is 14.6. The highest BCUT2D eigenvalue weighted by Gasteiger charge is 2.38. The first-order valence-electron chi connectivity index (χ1n) is 7.32. The minimum Gasteiger partial charge on any atom is -0.370 e.